The molecular weight excluding hydrogens is 392 g/mol. The van der Waals surface area contributed by atoms with Gasteiger partial charge in [0.15, 0.2) is 5.82 Å². The average Bonchev–Trinajstić information content (AvgIpc) is 2.80. The van der Waals surface area contributed by atoms with Gasteiger partial charge in [0.2, 0.25) is 0 Å². The number of nitrogens with zero attached hydrogens (tertiary/aromatic N) is 3. The average molecular weight is 415 g/mol. The molecule has 5 nitrogen and oxygen atoms in total. The normalized spacial score (nSPS) is 10.6. The highest BCUT2D eigenvalue weighted by Crippen LogP contribution is 2.29. The molecule has 0 aliphatic carbocycles. The Morgan fingerprint density at radius 3 is 2.30 bits per heavy atom. The minimum Gasteiger partial charge on any atom is -0.508 e. The summed E-state index contributed by atoms with van der Waals surface area (Å²) in [6.45, 7) is 0.826. The largest absolute Gasteiger partial charge is 0.508 e. The zero-order valence-electron chi connectivity index (χ0n) is 16.6. The maximum atomic E-state index is 9.42. The van der Waals surface area contributed by atoms with Crippen LogP contribution in [0, 0.1) is 0 Å². The number of benzene rings is 3. The summed E-state index contributed by atoms with van der Waals surface area (Å²) in [6.07, 6.45) is 3.37. The van der Waals surface area contributed by atoms with Crippen molar-refractivity contribution in [2.24, 2.45) is 0 Å². The molecular formula is C24H22N4OS. The number of phenolic OH excluding ortho intramolecular Hbond substituents is 1. The molecule has 0 amide bonds. The fourth-order valence-corrected chi connectivity index (χ4v) is 3.70. The van der Waals surface area contributed by atoms with Crippen molar-refractivity contribution in [3.63, 3.8) is 0 Å². The topological polar surface area (TPSA) is 61.3 Å². The predicted molar refractivity (Wildman–Crippen MR) is 124 cm³/mol. The Kier molecular flexibility index (Phi) is 6.15. The Balaban J connectivity index is 1.47. The zero-order valence-corrected chi connectivity index (χ0v) is 17.4. The Morgan fingerprint density at radius 2 is 1.57 bits per heavy atom. The molecule has 4 aromatic rings. The maximum Gasteiger partial charge on any atom is 0.162 e. The number of phenols is 1. The third-order valence-corrected chi connectivity index (χ3v) is 5.45. The fraction of sp³-hybridized carbons (Fsp3) is 0.0833. The van der Waals surface area contributed by atoms with Gasteiger partial charge in [-0.05, 0) is 53.9 Å². The van der Waals surface area contributed by atoms with Crippen LogP contribution < -0.4 is 9.62 Å². The van der Waals surface area contributed by atoms with Gasteiger partial charge in [0.1, 0.15) is 11.4 Å². The van der Waals surface area contributed by atoms with E-state index >= 15 is 0 Å². The van der Waals surface area contributed by atoms with E-state index in [0.717, 1.165) is 22.7 Å². The summed E-state index contributed by atoms with van der Waals surface area (Å²) in [5.41, 5.74) is 4.21. The monoisotopic (exact) mass is 414 g/mol. The highest BCUT2D eigenvalue weighted by Gasteiger charge is 2.09. The molecule has 0 aliphatic heterocycles. The maximum absolute atomic E-state index is 9.42. The minimum atomic E-state index is 0.248. The lowest BCUT2D eigenvalue weighted by Crippen LogP contribution is -2.15. The fourth-order valence-electron chi connectivity index (χ4n) is 3.06. The van der Waals surface area contributed by atoms with Crippen molar-refractivity contribution in [2.75, 3.05) is 16.7 Å². The molecule has 0 unspecified atom stereocenters. The van der Waals surface area contributed by atoms with E-state index in [0.29, 0.717) is 5.82 Å². The molecule has 150 valence electrons. The smallest absolute Gasteiger partial charge is 0.162 e. The molecule has 1 aromatic heterocycles. The van der Waals surface area contributed by atoms with Gasteiger partial charge in [-0.3, -0.25) is 4.98 Å². The molecule has 1 heterocycles. The van der Waals surface area contributed by atoms with Crippen LogP contribution in [0.25, 0.3) is 11.3 Å². The van der Waals surface area contributed by atoms with Gasteiger partial charge in [0.25, 0.3) is 0 Å². The zero-order chi connectivity index (χ0) is 20.8. The second-order valence-electron chi connectivity index (χ2n) is 6.84. The molecule has 30 heavy (non-hydrogen) atoms. The highest BCUT2D eigenvalue weighted by molar-refractivity contribution is 8.00. The van der Waals surface area contributed by atoms with Gasteiger partial charge < -0.3 is 14.7 Å². The minimum absolute atomic E-state index is 0.248. The molecule has 0 saturated heterocycles. The van der Waals surface area contributed by atoms with Crippen LogP contribution in [-0.2, 0) is 6.54 Å². The van der Waals surface area contributed by atoms with Crippen LogP contribution in [0.2, 0.25) is 0 Å². The number of hydrogen-bond acceptors (Lipinski definition) is 6. The summed E-state index contributed by atoms with van der Waals surface area (Å²) in [5, 5.41) is 9.42. The molecule has 0 spiro atoms. The molecule has 0 saturated carbocycles. The quantitative estimate of drug-likeness (QED) is 0.384. The third-order valence-electron chi connectivity index (χ3n) is 4.64. The number of nitrogens with one attached hydrogen (secondary N) is 1. The van der Waals surface area contributed by atoms with E-state index in [2.05, 4.69) is 63.0 Å². The summed E-state index contributed by atoms with van der Waals surface area (Å²) >= 11 is 1.43. The van der Waals surface area contributed by atoms with E-state index < -0.39 is 0 Å². The molecule has 0 bridgehead atoms. The van der Waals surface area contributed by atoms with E-state index in [9.17, 15) is 5.11 Å². The predicted octanol–water partition coefficient (Wildman–Crippen LogP) is 5.60. The van der Waals surface area contributed by atoms with Gasteiger partial charge in [0.05, 0.1) is 0 Å². The Morgan fingerprint density at radius 1 is 0.867 bits per heavy atom. The van der Waals surface area contributed by atoms with Crippen LogP contribution in [0.3, 0.4) is 0 Å². The van der Waals surface area contributed by atoms with Gasteiger partial charge in [-0.1, -0.05) is 42.5 Å². The van der Waals surface area contributed by atoms with E-state index in [1.165, 1.54) is 23.2 Å². The summed E-state index contributed by atoms with van der Waals surface area (Å²) in [4.78, 5) is 12.2. The molecule has 6 heteroatoms. The number of rotatable bonds is 7. The number of anilines is 2. The molecule has 0 radical (unpaired) electrons. The summed E-state index contributed by atoms with van der Waals surface area (Å²) in [6, 6.07) is 25.8. The van der Waals surface area contributed by atoms with Crippen LogP contribution >= 0.6 is 11.9 Å². The number of para-hydroxylation sites is 1. The van der Waals surface area contributed by atoms with E-state index in [4.69, 9.17) is 0 Å². The second kappa shape index (κ2) is 9.33. The van der Waals surface area contributed by atoms with Gasteiger partial charge >= 0.3 is 0 Å². The Bertz CT molecular complexity index is 1090. The van der Waals surface area contributed by atoms with Gasteiger partial charge in [-0.15, -0.1) is 0 Å². The van der Waals surface area contributed by atoms with Crippen molar-refractivity contribution in [2.45, 2.75) is 11.4 Å². The summed E-state index contributed by atoms with van der Waals surface area (Å²) < 4.78 is 3.27. The van der Waals surface area contributed by atoms with Crippen LogP contribution in [-0.4, -0.2) is 22.1 Å². The van der Waals surface area contributed by atoms with Crippen LogP contribution in [0.5, 0.6) is 5.75 Å². The first kappa shape index (κ1) is 19.8. The summed E-state index contributed by atoms with van der Waals surface area (Å²) in [5.74, 6) is 0.947. The summed E-state index contributed by atoms with van der Waals surface area (Å²) in [7, 11) is 2.09. The standard InChI is InChI=1S/C24H22N4OS/c1-28(20-5-3-2-4-6-20)17-18-7-9-19(10-8-18)23-24(26-16-15-25-23)27-30-22-13-11-21(29)12-14-22/h2-16,29H,17H2,1H3,(H,26,27). The van der Waals surface area contributed by atoms with E-state index in [1.807, 2.05) is 30.3 Å². The van der Waals surface area contributed by atoms with Gasteiger partial charge in [0, 0.05) is 42.1 Å². The molecule has 3 aromatic carbocycles. The first-order valence-corrected chi connectivity index (χ1v) is 10.4. The lowest BCUT2D eigenvalue weighted by molar-refractivity contribution is 0.475. The van der Waals surface area contributed by atoms with Crippen molar-refractivity contribution < 1.29 is 5.11 Å². The lowest BCUT2D eigenvalue weighted by Gasteiger charge is -2.19. The number of aromatic nitrogens is 2. The Labute approximate surface area is 180 Å². The van der Waals surface area contributed by atoms with Crippen molar-refractivity contribution in [3.8, 4) is 17.0 Å². The van der Waals surface area contributed by atoms with Gasteiger partial charge in [-0.2, -0.15) is 0 Å². The molecule has 4 rings (SSSR count). The van der Waals surface area contributed by atoms with Crippen molar-refractivity contribution >= 4 is 23.5 Å². The highest BCUT2D eigenvalue weighted by atomic mass is 32.2. The third kappa shape index (κ3) is 4.90. The molecule has 0 aliphatic rings. The SMILES string of the molecule is CN(Cc1ccc(-c2nccnc2NSc2ccc(O)cc2)cc1)c1ccccc1. The van der Waals surface area contributed by atoms with Crippen LogP contribution in [0.1, 0.15) is 5.56 Å². The number of aromatic hydroxyl groups is 1. The first-order valence-electron chi connectivity index (χ1n) is 9.57. The second-order valence-corrected chi connectivity index (χ2v) is 7.72. The van der Waals surface area contributed by atoms with Crippen LogP contribution in [0.4, 0.5) is 11.5 Å². The van der Waals surface area contributed by atoms with Gasteiger partial charge in [-0.25, -0.2) is 4.98 Å². The first-order chi connectivity index (χ1) is 14.7. The van der Waals surface area contributed by atoms with Crippen molar-refractivity contribution in [1.82, 2.24) is 9.97 Å². The lowest BCUT2D eigenvalue weighted by atomic mass is 10.1. The van der Waals surface area contributed by atoms with E-state index in [1.54, 1.807) is 24.5 Å². The molecule has 2 N–H and O–H groups in total. The van der Waals surface area contributed by atoms with Crippen molar-refractivity contribution in [1.29, 1.82) is 0 Å². The van der Waals surface area contributed by atoms with Crippen LogP contribution in [0.15, 0.2) is 96.2 Å². The molecule has 0 fully saturated rings. The molecule has 0 atom stereocenters. The Hall–Kier alpha value is -3.51. The van der Waals surface area contributed by atoms with Crippen molar-refractivity contribution in [3.05, 3.63) is 96.8 Å². The van der Waals surface area contributed by atoms with E-state index in [-0.39, 0.29) is 5.75 Å². The number of hydrogen-bond donors (Lipinski definition) is 2.